The van der Waals surface area contributed by atoms with Gasteiger partial charge in [0.2, 0.25) is 0 Å². The zero-order valence-electron chi connectivity index (χ0n) is 10.2. The number of ether oxygens (including phenoxy) is 1. The Morgan fingerprint density at radius 3 is 2.72 bits per heavy atom. The Balaban J connectivity index is 3.10. The van der Waals surface area contributed by atoms with Crippen LogP contribution in [0.3, 0.4) is 0 Å². The van der Waals surface area contributed by atoms with E-state index in [1.54, 1.807) is 0 Å². The van der Waals surface area contributed by atoms with Gasteiger partial charge in [-0.05, 0) is 25.1 Å². The molecule has 0 heterocycles. The summed E-state index contributed by atoms with van der Waals surface area (Å²) in [6.07, 6.45) is 0. The molecule has 1 aromatic carbocycles. The second-order valence-corrected chi connectivity index (χ2v) is 3.97. The molecule has 1 aromatic rings. The maximum Gasteiger partial charge on any atom is 0.328 e. The molecule has 0 aromatic heterocycles. The van der Waals surface area contributed by atoms with Crippen LogP contribution in [0.4, 0.5) is 8.78 Å². The SMILES string of the molecule is COCCNC(C)(C(=O)O)c1cc(F)ccc1F. The molecular weight excluding hydrogens is 244 g/mol. The highest BCUT2D eigenvalue weighted by molar-refractivity contribution is 5.80. The fraction of sp³-hybridized carbons (Fsp3) is 0.417. The van der Waals surface area contributed by atoms with Crippen LogP contribution in [0.1, 0.15) is 12.5 Å². The summed E-state index contributed by atoms with van der Waals surface area (Å²) in [6, 6.07) is 2.73. The van der Waals surface area contributed by atoms with E-state index in [0.29, 0.717) is 0 Å². The van der Waals surface area contributed by atoms with Crippen LogP contribution < -0.4 is 5.32 Å². The number of carboxylic acids is 1. The third-order valence-corrected chi connectivity index (χ3v) is 2.68. The fourth-order valence-electron chi connectivity index (χ4n) is 1.57. The third-order valence-electron chi connectivity index (χ3n) is 2.68. The zero-order chi connectivity index (χ0) is 13.8. The molecular formula is C12H15F2NO3. The standard InChI is InChI=1S/C12H15F2NO3/c1-12(11(16)17,15-5-6-18-2)9-7-8(13)3-4-10(9)14/h3-4,7,15H,5-6H2,1-2H3,(H,16,17). The number of aliphatic carboxylic acids is 1. The first-order valence-corrected chi connectivity index (χ1v) is 5.34. The van der Waals surface area contributed by atoms with Crippen molar-refractivity contribution in [2.75, 3.05) is 20.3 Å². The molecule has 18 heavy (non-hydrogen) atoms. The number of carbonyl (C=O) groups is 1. The van der Waals surface area contributed by atoms with E-state index in [1.165, 1.54) is 14.0 Å². The quantitative estimate of drug-likeness (QED) is 0.760. The topological polar surface area (TPSA) is 58.6 Å². The van der Waals surface area contributed by atoms with Crippen LogP contribution in [-0.4, -0.2) is 31.3 Å². The average Bonchev–Trinajstić information content (AvgIpc) is 2.32. The smallest absolute Gasteiger partial charge is 0.328 e. The van der Waals surface area contributed by atoms with Gasteiger partial charge in [-0.15, -0.1) is 0 Å². The van der Waals surface area contributed by atoms with E-state index in [-0.39, 0.29) is 18.7 Å². The molecule has 1 atom stereocenters. The van der Waals surface area contributed by atoms with Crippen molar-refractivity contribution in [2.45, 2.75) is 12.5 Å². The first-order valence-electron chi connectivity index (χ1n) is 5.34. The van der Waals surface area contributed by atoms with Gasteiger partial charge in [-0.3, -0.25) is 5.32 Å². The average molecular weight is 259 g/mol. The number of nitrogens with one attached hydrogen (secondary N) is 1. The first-order chi connectivity index (χ1) is 8.41. The molecule has 0 saturated carbocycles. The minimum absolute atomic E-state index is 0.204. The maximum atomic E-state index is 13.6. The number of halogens is 2. The van der Waals surface area contributed by atoms with Crippen molar-refractivity contribution in [1.82, 2.24) is 5.32 Å². The van der Waals surface area contributed by atoms with Gasteiger partial charge in [0.05, 0.1) is 6.61 Å². The van der Waals surface area contributed by atoms with E-state index >= 15 is 0 Å². The Labute approximate surface area is 104 Å². The molecule has 0 spiro atoms. The number of benzene rings is 1. The Morgan fingerprint density at radius 1 is 1.50 bits per heavy atom. The lowest BCUT2D eigenvalue weighted by molar-refractivity contribution is -0.144. The van der Waals surface area contributed by atoms with Crippen LogP contribution in [0, 0.1) is 11.6 Å². The van der Waals surface area contributed by atoms with Crippen molar-refractivity contribution in [3.63, 3.8) is 0 Å². The highest BCUT2D eigenvalue weighted by Gasteiger charge is 2.37. The van der Waals surface area contributed by atoms with Crippen LogP contribution in [-0.2, 0) is 15.1 Å². The largest absolute Gasteiger partial charge is 0.480 e. The lowest BCUT2D eigenvalue weighted by Gasteiger charge is -2.27. The van der Waals surface area contributed by atoms with Crippen molar-refractivity contribution in [1.29, 1.82) is 0 Å². The summed E-state index contributed by atoms with van der Waals surface area (Å²) < 4.78 is 31.5. The summed E-state index contributed by atoms with van der Waals surface area (Å²) in [4.78, 5) is 11.3. The number of carboxylic acid groups (broad SMARTS) is 1. The maximum absolute atomic E-state index is 13.6. The minimum Gasteiger partial charge on any atom is -0.480 e. The van der Waals surface area contributed by atoms with Gasteiger partial charge < -0.3 is 9.84 Å². The van der Waals surface area contributed by atoms with Crippen molar-refractivity contribution in [2.24, 2.45) is 0 Å². The summed E-state index contributed by atoms with van der Waals surface area (Å²) in [5.74, 6) is -2.75. The summed E-state index contributed by atoms with van der Waals surface area (Å²) >= 11 is 0. The zero-order valence-corrected chi connectivity index (χ0v) is 10.2. The van der Waals surface area contributed by atoms with Crippen molar-refractivity contribution in [3.05, 3.63) is 35.4 Å². The van der Waals surface area contributed by atoms with Gasteiger partial charge in [-0.1, -0.05) is 0 Å². The van der Waals surface area contributed by atoms with E-state index in [2.05, 4.69) is 5.32 Å². The van der Waals surface area contributed by atoms with E-state index in [9.17, 15) is 18.7 Å². The third kappa shape index (κ3) is 3.02. The molecule has 1 unspecified atom stereocenters. The predicted molar refractivity (Wildman–Crippen MR) is 61.2 cm³/mol. The van der Waals surface area contributed by atoms with Crippen LogP contribution in [0.5, 0.6) is 0 Å². The highest BCUT2D eigenvalue weighted by atomic mass is 19.1. The van der Waals surface area contributed by atoms with Crippen molar-refractivity contribution in [3.8, 4) is 0 Å². The van der Waals surface area contributed by atoms with E-state index in [1.807, 2.05) is 0 Å². The number of hydrogen-bond acceptors (Lipinski definition) is 3. The lowest BCUT2D eigenvalue weighted by Crippen LogP contribution is -2.48. The second-order valence-electron chi connectivity index (χ2n) is 3.97. The Bertz CT molecular complexity index is 439. The van der Waals surface area contributed by atoms with Gasteiger partial charge in [0.25, 0.3) is 0 Å². The van der Waals surface area contributed by atoms with Gasteiger partial charge in [0.1, 0.15) is 17.2 Å². The van der Waals surface area contributed by atoms with E-state index < -0.39 is 23.1 Å². The van der Waals surface area contributed by atoms with Gasteiger partial charge >= 0.3 is 5.97 Å². The van der Waals surface area contributed by atoms with Gasteiger partial charge in [-0.25, -0.2) is 13.6 Å². The second kappa shape index (κ2) is 5.88. The molecule has 100 valence electrons. The first kappa shape index (κ1) is 14.5. The summed E-state index contributed by atoms with van der Waals surface area (Å²) in [6.45, 7) is 1.75. The van der Waals surface area contributed by atoms with Crippen LogP contribution in [0.2, 0.25) is 0 Å². The molecule has 1 rings (SSSR count). The normalized spacial score (nSPS) is 14.2. The molecule has 0 radical (unpaired) electrons. The molecule has 0 amide bonds. The monoisotopic (exact) mass is 259 g/mol. The predicted octanol–water partition coefficient (Wildman–Crippen LogP) is 1.50. The summed E-state index contributed by atoms with van der Waals surface area (Å²) in [5, 5.41) is 11.9. The Hall–Kier alpha value is -1.53. The van der Waals surface area contributed by atoms with Gasteiger partial charge in [0.15, 0.2) is 0 Å². The fourth-order valence-corrected chi connectivity index (χ4v) is 1.57. The summed E-state index contributed by atoms with van der Waals surface area (Å²) in [7, 11) is 1.46. The van der Waals surface area contributed by atoms with Crippen LogP contribution in [0.25, 0.3) is 0 Å². The minimum atomic E-state index is -1.70. The van der Waals surface area contributed by atoms with Gasteiger partial charge in [-0.2, -0.15) is 0 Å². The highest BCUT2D eigenvalue weighted by Crippen LogP contribution is 2.24. The molecule has 4 nitrogen and oxygen atoms in total. The molecule has 0 fully saturated rings. The molecule has 0 bridgehead atoms. The van der Waals surface area contributed by atoms with E-state index in [0.717, 1.165) is 18.2 Å². The van der Waals surface area contributed by atoms with E-state index in [4.69, 9.17) is 4.74 Å². The molecule has 2 N–H and O–H groups in total. The molecule has 0 aliphatic heterocycles. The Kier molecular flexibility index (Phi) is 4.75. The lowest BCUT2D eigenvalue weighted by atomic mass is 9.91. The van der Waals surface area contributed by atoms with Gasteiger partial charge in [0, 0.05) is 19.2 Å². The number of rotatable bonds is 6. The molecule has 0 aliphatic rings. The van der Waals surface area contributed by atoms with Crippen LogP contribution >= 0.6 is 0 Å². The molecule has 6 heteroatoms. The van der Waals surface area contributed by atoms with Crippen LogP contribution in [0.15, 0.2) is 18.2 Å². The number of methoxy groups -OCH3 is 1. The van der Waals surface area contributed by atoms with Crippen molar-refractivity contribution >= 4 is 5.97 Å². The Morgan fingerprint density at radius 2 is 2.17 bits per heavy atom. The number of hydrogen-bond donors (Lipinski definition) is 2. The molecule has 0 aliphatic carbocycles. The molecule has 0 saturated heterocycles. The summed E-state index contributed by atoms with van der Waals surface area (Å²) in [5.41, 5.74) is -1.95. The van der Waals surface area contributed by atoms with Crippen molar-refractivity contribution < 1.29 is 23.4 Å².